The van der Waals surface area contributed by atoms with E-state index < -0.39 is 0 Å². The maximum Gasteiger partial charge on any atom is 0.267 e. The molecular weight excluding hydrogens is 288 g/mol. The van der Waals surface area contributed by atoms with Crippen molar-refractivity contribution >= 4 is 28.2 Å². The van der Waals surface area contributed by atoms with Gasteiger partial charge in [-0.25, -0.2) is 4.98 Å². The lowest BCUT2D eigenvalue weighted by molar-refractivity contribution is 0.0272. The van der Waals surface area contributed by atoms with Crippen molar-refractivity contribution in [3.63, 3.8) is 0 Å². The Labute approximate surface area is 129 Å². The van der Waals surface area contributed by atoms with Crippen LogP contribution in [0.4, 0.5) is 10.9 Å². The topological polar surface area (TPSA) is 80.5 Å². The highest BCUT2D eigenvalue weighted by Crippen LogP contribution is 2.27. The molecule has 1 aliphatic rings. The van der Waals surface area contributed by atoms with Gasteiger partial charge in [0.05, 0.1) is 6.10 Å². The van der Waals surface area contributed by atoms with E-state index in [1.165, 1.54) is 11.3 Å². The van der Waals surface area contributed by atoms with Crippen molar-refractivity contribution in [1.82, 2.24) is 9.88 Å². The number of carbonyl (C=O) groups is 1. The average molecular weight is 312 g/mol. The predicted molar refractivity (Wildman–Crippen MR) is 85.8 cm³/mol. The van der Waals surface area contributed by atoms with E-state index in [9.17, 15) is 4.79 Å². The molecule has 0 saturated carbocycles. The Morgan fingerprint density at radius 1 is 1.62 bits per heavy atom. The van der Waals surface area contributed by atoms with Crippen molar-refractivity contribution in [3.05, 3.63) is 4.88 Å². The first-order chi connectivity index (χ1) is 10.0. The second-order valence-electron chi connectivity index (χ2n) is 5.76. The van der Waals surface area contributed by atoms with E-state index in [-0.39, 0.29) is 12.0 Å². The fourth-order valence-corrected chi connectivity index (χ4v) is 3.17. The number of thiazole rings is 1. The molecular formula is C14H24N4O2S. The molecule has 6 nitrogen and oxygen atoms in total. The summed E-state index contributed by atoms with van der Waals surface area (Å²) in [4.78, 5) is 19.1. The number of nitrogens with one attached hydrogen (secondary N) is 1. The van der Waals surface area contributed by atoms with Crippen LogP contribution in [-0.4, -0.2) is 48.6 Å². The number of methoxy groups -OCH3 is 1. The summed E-state index contributed by atoms with van der Waals surface area (Å²) >= 11 is 1.33. The molecule has 1 unspecified atom stereocenters. The molecule has 1 amide bonds. The van der Waals surface area contributed by atoms with Gasteiger partial charge in [-0.1, -0.05) is 25.2 Å². The van der Waals surface area contributed by atoms with Gasteiger partial charge in [0.25, 0.3) is 5.91 Å². The molecule has 118 valence electrons. The number of likely N-dealkylation sites (tertiary alicyclic amines) is 1. The Balaban J connectivity index is 2.04. The van der Waals surface area contributed by atoms with E-state index in [0.29, 0.717) is 28.3 Å². The number of nitrogen functional groups attached to an aromatic ring is 1. The van der Waals surface area contributed by atoms with Crippen LogP contribution in [0.15, 0.2) is 0 Å². The fraction of sp³-hybridized carbons (Fsp3) is 0.714. The summed E-state index contributed by atoms with van der Waals surface area (Å²) in [6, 6.07) is 0. The lowest BCUT2D eigenvalue weighted by Gasteiger charge is -2.31. The van der Waals surface area contributed by atoms with Crippen molar-refractivity contribution in [2.45, 2.75) is 32.8 Å². The Hall–Kier alpha value is -1.34. The third kappa shape index (κ3) is 4.07. The molecule has 1 fully saturated rings. The van der Waals surface area contributed by atoms with Gasteiger partial charge < -0.3 is 20.7 Å². The van der Waals surface area contributed by atoms with Crippen LogP contribution in [0.5, 0.6) is 0 Å². The van der Waals surface area contributed by atoms with E-state index in [1.807, 2.05) is 4.90 Å². The van der Waals surface area contributed by atoms with Crippen LogP contribution in [0.25, 0.3) is 0 Å². The average Bonchev–Trinajstić information content (AvgIpc) is 2.85. The lowest BCUT2D eigenvalue weighted by Crippen LogP contribution is -2.42. The lowest BCUT2D eigenvalue weighted by atomic mass is 10.1. The second-order valence-corrected chi connectivity index (χ2v) is 6.76. The van der Waals surface area contributed by atoms with Gasteiger partial charge in [-0.2, -0.15) is 0 Å². The summed E-state index contributed by atoms with van der Waals surface area (Å²) in [5.74, 6) is 0.791. The highest BCUT2D eigenvalue weighted by atomic mass is 32.1. The molecule has 2 heterocycles. The van der Waals surface area contributed by atoms with Crippen molar-refractivity contribution in [3.8, 4) is 0 Å². The van der Waals surface area contributed by atoms with Crippen LogP contribution in [0, 0.1) is 5.92 Å². The molecule has 2 rings (SSSR count). The quantitative estimate of drug-likeness (QED) is 0.869. The molecule has 1 atom stereocenters. The first kappa shape index (κ1) is 16.0. The van der Waals surface area contributed by atoms with Crippen molar-refractivity contribution in [2.24, 2.45) is 5.92 Å². The molecule has 3 N–H and O–H groups in total. The number of nitrogens with zero attached hydrogens (tertiary/aromatic N) is 2. The molecule has 0 aromatic carbocycles. The molecule has 1 saturated heterocycles. The molecule has 1 aromatic rings. The van der Waals surface area contributed by atoms with Crippen LogP contribution in [-0.2, 0) is 4.74 Å². The third-order valence-corrected chi connectivity index (χ3v) is 4.52. The van der Waals surface area contributed by atoms with Crippen molar-refractivity contribution in [1.29, 1.82) is 0 Å². The van der Waals surface area contributed by atoms with E-state index >= 15 is 0 Å². The zero-order valence-corrected chi connectivity index (χ0v) is 13.7. The van der Waals surface area contributed by atoms with Gasteiger partial charge in [0.1, 0.15) is 10.7 Å². The first-order valence-corrected chi connectivity index (χ1v) is 8.15. The molecule has 0 spiro atoms. The normalized spacial score (nSPS) is 19.0. The molecule has 7 heteroatoms. The molecule has 1 aliphatic heterocycles. The summed E-state index contributed by atoms with van der Waals surface area (Å²) in [6.45, 7) is 6.44. The number of piperidine rings is 1. The largest absolute Gasteiger partial charge is 0.382 e. The minimum atomic E-state index is -0.0376. The number of amides is 1. The van der Waals surface area contributed by atoms with Crippen LogP contribution >= 0.6 is 11.3 Å². The molecule has 0 bridgehead atoms. The van der Waals surface area contributed by atoms with E-state index in [1.54, 1.807) is 7.11 Å². The Kier molecular flexibility index (Phi) is 5.41. The molecule has 21 heavy (non-hydrogen) atoms. The van der Waals surface area contributed by atoms with Gasteiger partial charge >= 0.3 is 0 Å². The van der Waals surface area contributed by atoms with Gasteiger partial charge in [0, 0.05) is 26.7 Å². The minimum Gasteiger partial charge on any atom is -0.382 e. The zero-order chi connectivity index (χ0) is 15.4. The Morgan fingerprint density at radius 2 is 2.38 bits per heavy atom. The number of anilines is 2. The van der Waals surface area contributed by atoms with Crippen molar-refractivity contribution in [2.75, 3.05) is 37.8 Å². The summed E-state index contributed by atoms with van der Waals surface area (Å²) in [5, 5.41) is 3.93. The smallest absolute Gasteiger partial charge is 0.267 e. The number of carbonyl (C=O) groups excluding carboxylic acids is 1. The van der Waals surface area contributed by atoms with Gasteiger partial charge in [-0.15, -0.1) is 0 Å². The monoisotopic (exact) mass is 312 g/mol. The van der Waals surface area contributed by atoms with Crippen LogP contribution in [0.2, 0.25) is 0 Å². The third-order valence-electron chi connectivity index (χ3n) is 3.51. The molecule has 0 radical (unpaired) electrons. The Morgan fingerprint density at radius 3 is 3.05 bits per heavy atom. The maximum absolute atomic E-state index is 12.6. The summed E-state index contributed by atoms with van der Waals surface area (Å²) in [7, 11) is 1.69. The van der Waals surface area contributed by atoms with E-state index in [2.05, 4.69) is 24.1 Å². The highest BCUT2D eigenvalue weighted by Gasteiger charge is 2.27. The number of rotatable bonds is 5. The summed E-state index contributed by atoms with van der Waals surface area (Å²) < 4.78 is 5.36. The maximum atomic E-state index is 12.6. The Bertz CT molecular complexity index is 489. The van der Waals surface area contributed by atoms with Crippen LogP contribution in [0.3, 0.4) is 0 Å². The van der Waals surface area contributed by atoms with Gasteiger partial charge in [0.15, 0.2) is 5.13 Å². The zero-order valence-electron chi connectivity index (χ0n) is 12.9. The SMILES string of the molecule is COC1CCCN(C(=O)c2sc(NCC(C)C)nc2N)C1. The first-order valence-electron chi connectivity index (χ1n) is 7.33. The number of aromatic nitrogens is 1. The summed E-state index contributed by atoms with van der Waals surface area (Å²) in [6.07, 6.45) is 2.08. The standard InChI is InChI=1S/C14H24N4O2S/c1-9(2)7-16-14-17-12(15)11(21-14)13(19)18-6-4-5-10(8-18)20-3/h9-10H,4-8,15H2,1-3H3,(H,16,17). The van der Waals surface area contributed by atoms with Crippen LogP contribution < -0.4 is 11.1 Å². The number of nitrogens with two attached hydrogens (primary N) is 1. The number of hydrogen-bond donors (Lipinski definition) is 2. The van der Waals surface area contributed by atoms with Gasteiger partial charge in [-0.05, 0) is 18.8 Å². The van der Waals surface area contributed by atoms with Crippen LogP contribution in [0.1, 0.15) is 36.4 Å². The fourth-order valence-electron chi connectivity index (χ4n) is 2.31. The van der Waals surface area contributed by atoms with E-state index in [0.717, 1.165) is 25.9 Å². The summed E-state index contributed by atoms with van der Waals surface area (Å²) in [5.41, 5.74) is 5.90. The van der Waals surface area contributed by atoms with Crippen molar-refractivity contribution < 1.29 is 9.53 Å². The van der Waals surface area contributed by atoms with Gasteiger partial charge in [-0.3, -0.25) is 4.79 Å². The predicted octanol–water partition coefficient (Wildman–Crippen LogP) is 2.04. The number of ether oxygens (including phenoxy) is 1. The minimum absolute atomic E-state index is 0.0376. The van der Waals surface area contributed by atoms with Gasteiger partial charge in [0.2, 0.25) is 0 Å². The molecule has 1 aromatic heterocycles. The molecule has 0 aliphatic carbocycles. The van der Waals surface area contributed by atoms with E-state index in [4.69, 9.17) is 10.5 Å². The highest BCUT2D eigenvalue weighted by molar-refractivity contribution is 7.18. The number of hydrogen-bond acceptors (Lipinski definition) is 6. The second kappa shape index (κ2) is 7.09.